The Morgan fingerprint density at radius 1 is 1.29 bits per heavy atom. The van der Waals surface area contributed by atoms with Crippen LogP contribution in [0.15, 0.2) is 30.3 Å². The quantitative estimate of drug-likeness (QED) is 0.729. The average Bonchev–Trinajstić information content (AvgIpc) is 3.19. The van der Waals surface area contributed by atoms with E-state index in [1.807, 2.05) is 0 Å². The van der Waals surface area contributed by atoms with Gasteiger partial charge in [0.15, 0.2) is 0 Å². The monoisotopic (exact) mass is 231 g/mol. The molecule has 1 aliphatic rings. The first-order valence-electron chi connectivity index (χ1n) is 6.36. The van der Waals surface area contributed by atoms with E-state index in [1.165, 1.54) is 24.0 Å². The molecule has 1 N–H and O–H groups in total. The topological polar surface area (TPSA) is 21.3 Å². The molecule has 2 nitrogen and oxygen atoms in total. The number of hydrogen-bond donors (Lipinski definition) is 1. The molecule has 92 valence electrons. The third-order valence-electron chi connectivity index (χ3n) is 3.04. The summed E-state index contributed by atoms with van der Waals surface area (Å²) in [5, 5.41) is 3.28. The van der Waals surface area contributed by atoms with Crippen LogP contribution in [0.1, 0.15) is 29.9 Å². The van der Waals surface area contributed by atoms with Crippen molar-refractivity contribution in [2.24, 2.45) is 0 Å². The second-order valence-electron chi connectivity index (χ2n) is 4.54. The van der Waals surface area contributed by atoms with Gasteiger partial charge in [0.1, 0.15) is 0 Å². The summed E-state index contributed by atoms with van der Waals surface area (Å²) in [6, 6.07) is 8.93. The summed E-state index contributed by atoms with van der Waals surface area (Å²) in [4.78, 5) is 0. The Bertz CT molecular complexity index is 352. The summed E-state index contributed by atoms with van der Waals surface area (Å²) in [7, 11) is 1.72. The van der Waals surface area contributed by atoms with Crippen molar-refractivity contribution in [1.29, 1.82) is 0 Å². The molecule has 0 saturated heterocycles. The standard InChI is InChI=1S/C15H21NO/c1-17-12-11-16-10-2-3-13-4-6-14(7-5-13)15-8-9-15/h2-7,15-16H,8-12H2,1H3. The van der Waals surface area contributed by atoms with Crippen molar-refractivity contribution in [3.05, 3.63) is 41.5 Å². The van der Waals surface area contributed by atoms with Crippen LogP contribution in [0.3, 0.4) is 0 Å². The van der Waals surface area contributed by atoms with Crippen LogP contribution in [-0.4, -0.2) is 26.8 Å². The Balaban J connectivity index is 1.72. The van der Waals surface area contributed by atoms with E-state index < -0.39 is 0 Å². The molecule has 0 bridgehead atoms. The van der Waals surface area contributed by atoms with Gasteiger partial charge in [-0.15, -0.1) is 0 Å². The number of benzene rings is 1. The predicted molar refractivity (Wildman–Crippen MR) is 72.2 cm³/mol. The first kappa shape index (κ1) is 12.3. The molecule has 1 aromatic rings. The van der Waals surface area contributed by atoms with Crippen LogP contribution in [0.5, 0.6) is 0 Å². The molecule has 17 heavy (non-hydrogen) atoms. The van der Waals surface area contributed by atoms with Crippen molar-refractivity contribution >= 4 is 6.08 Å². The van der Waals surface area contributed by atoms with Crippen LogP contribution in [0.4, 0.5) is 0 Å². The molecule has 0 radical (unpaired) electrons. The minimum atomic E-state index is 0.768. The number of nitrogens with one attached hydrogen (secondary N) is 1. The average molecular weight is 231 g/mol. The third kappa shape index (κ3) is 4.33. The lowest BCUT2D eigenvalue weighted by Gasteiger charge is -2.00. The lowest BCUT2D eigenvalue weighted by Crippen LogP contribution is -2.18. The van der Waals surface area contributed by atoms with E-state index >= 15 is 0 Å². The third-order valence-corrected chi connectivity index (χ3v) is 3.04. The zero-order valence-electron chi connectivity index (χ0n) is 10.5. The number of ether oxygens (including phenoxy) is 1. The normalized spacial score (nSPS) is 15.6. The van der Waals surface area contributed by atoms with Crippen LogP contribution in [0, 0.1) is 0 Å². The van der Waals surface area contributed by atoms with Gasteiger partial charge in [-0.3, -0.25) is 0 Å². The summed E-state index contributed by atoms with van der Waals surface area (Å²) >= 11 is 0. The fraction of sp³-hybridized carbons (Fsp3) is 0.467. The molecule has 2 heteroatoms. The highest BCUT2D eigenvalue weighted by molar-refractivity contribution is 5.50. The second-order valence-corrected chi connectivity index (χ2v) is 4.54. The zero-order valence-corrected chi connectivity index (χ0v) is 10.5. The van der Waals surface area contributed by atoms with E-state index in [-0.39, 0.29) is 0 Å². The zero-order chi connectivity index (χ0) is 11.9. The van der Waals surface area contributed by atoms with Crippen molar-refractivity contribution < 1.29 is 4.74 Å². The smallest absolute Gasteiger partial charge is 0.0587 e. The largest absolute Gasteiger partial charge is 0.383 e. The number of hydrogen-bond acceptors (Lipinski definition) is 2. The summed E-state index contributed by atoms with van der Waals surface area (Å²) in [6.45, 7) is 2.57. The van der Waals surface area contributed by atoms with Crippen molar-refractivity contribution in [2.75, 3.05) is 26.8 Å². The van der Waals surface area contributed by atoms with E-state index in [1.54, 1.807) is 7.11 Å². The van der Waals surface area contributed by atoms with Gasteiger partial charge in [-0.25, -0.2) is 0 Å². The molecule has 0 atom stereocenters. The van der Waals surface area contributed by atoms with Gasteiger partial charge >= 0.3 is 0 Å². The minimum Gasteiger partial charge on any atom is -0.383 e. The first-order valence-corrected chi connectivity index (χ1v) is 6.36. The Kier molecular flexibility index (Phi) is 4.77. The van der Waals surface area contributed by atoms with E-state index in [2.05, 4.69) is 41.7 Å². The van der Waals surface area contributed by atoms with Crippen molar-refractivity contribution in [3.8, 4) is 0 Å². The van der Waals surface area contributed by atoms with Gasteiger partial charge in [0.2, 0.25) is 0 Å². The van der Waals surface area contributed by atoms with Gasteiger partial charge < -0.3 is 10.1 Å². The summed E-state index contributed by atoms with van der Waals surface area (Å²) in [6.07, 6.45) is 7.06. The summed E-state index contributed by atoms with van der Waals surface area (Å²) in [5.41, 5.74) is 2.78. The van der Waals surface area contributed by atoms with Crippen LogP contribution >= 0.6 is 0 Å². The molecular weight excluding hydrogens is 210 g/mol. The Labute approximate surface area is 104 Å². The highest BCUT2D eigenvalue weighted by Gasteiger charge is 2.22. The van der Waals surface area contributed by atoms with Gasteiger partial charge in [-0.05, 0) is 29.9 Å². The minimum absolute atomic E-state index is 0.768. The van der Waals surface area contributed by atoms with Gasteiger partial charge in [-0.2, -0.15) is 0 Å². The molecular formula is C15H21NO. The van der Waals surface area contributed by atoms with Crippen LogP contribution in [-0.2, 0) is 4.74 Å². The van der Waals surface area contributed by atoms with Gasteiger partial charge in [0.25, 0.3) is 0 Å². The Morgan fingerprint density at radius 3 is 2.71 bits per heavy atom. The molecule has 0 spiro atoms. The Hall–Kier alpha value is -1.12. The fourth-order valence-corrected chi connectivity index (χ4v) is 1.85. The molecule has 0 aromatic heterocycles. The highest BCUT2D eigenvalue weighted by Crippen LogP contribution is 2.39. The highest BCUT2D eigenvalue weighted by atomic mass is 16.5. The SMILES string of the molecule is COCCNCC=Cc1ccc(C2CC2)cc1. The van der Waals surface area contributed by atoms with Crippen LogP contribution in [0.25, 0.3) is 6.08 Å². The maximum absolute atomic E-state index is 4.96. The predicted octanol–water partition coefficient (Wildman–Crippen LogP) is 2.81. The lowest BCUT2D eigenvalue weighted by molar-refractivity contribution is 0.200. The maximum atomic E-state index is 4.96. The van der Waals surface area contributed by atoms with Crippen molar-refractivity contribution in [3.63, 3.8) is 0 Å². The fourth-order valence-electron chi connectivity index (χ4n) is 1.85. The van der Waals surface area contributed by atoms with Crippen LogP contribution < -0.4 is 5.32 Å². The number of methoxy groups -OCH3 is 1. The number of rotatable bonds is 7. The Morgan fingerprint density at radius 2 is 2.06 bits per heavy atom. The van der Waals surface area contributed by atoms with Gasteiger partial charge in [0.05, 0.1) is 6.61 Å². The molecule has 2 rings (SSSR count). The molecule has 0 aliphatic heterocycles. The summed E-state index contributed by atoms with van der Waals surface area (Å²) < 4.78 is 4.96. The summed E-state index contributed by atoms with van der Waals surface area (Å²) in [5.74, 6) is 0.851. The molecule has 1 aromatic carbocycles. The molecule has 0 amide bonds. The second kappa shape index (κ2) is 6.58. The van der Waals surface area contributed by atoms with Gasteiger partial charge in [-0.1, -0.05) is 36.4 Å². The first-order chi connectivity index (χ1) is 8.40. The van der Waals surface area contributed by atoms with E-state index in [0.29, 0.717) is 0 Å². The molecule has 1 saturated carbocycles. The maximum Gasteiger partial charge on any atom is 0.0587 e. The van der Waals surface area contributed by atoms with E-state index in [0.717, 1.165) is 25.6 Å². The van der Waals surface area contributed by atoms with Gasteiger partial charge in [0, 0.05) is 20.2 Å². The van der Waals surface area contributed by atoms with E-state index in [4.69, 9.17) is 4.74 Å². The molecule has 0 unspecified atom stereocenters. The van der Waals surface area contributed by atoms with Crippen LogP contribution in [0.2, 0.25) is 0 Å². The molecule has 1 aliphatic carbocycles. The van der Waals surface area contributed by atoms with E-state index in [9.17, 15) is 0 Å². The van der Waals surface area contributed by atoms with Crippen molar-refractivity contribution in [1.82, 2.24) is 5.32 Å². The lowest BCUT2D eigenvalue weighted by atomic mass is 10.1. The molecule has 1 fully saturated rings. The van der Waals surface area contributed by atoms with Crippen molar-refractivity contribution in [2.45, 2.75) is 18.8 Å². The molecule has 0 heterocycles.